The molecule has 5 nitrogen and oxygen atoms in total. The van der Waals surface area contributed by atoms with Crippen molar-refractivity contribution in [1.82, 2.24) is 14.7 Å². The monoisotopic (exact) mass is 367 g/mol. The van der Waals surface area contributed by atoms with Gasteiger partial charge in [0.05, 0.1) is 21.8 Å². The van der Waals surface area contributed by atoms with Crippen molar-refractivity contribution in [2.45, 2.75) is 25.9 Å². The highest BCUT2D eigenvalue weighted by atomic mass is 35.5. The summed E-state index contributed by atoms with van der Waals surface area (Å²) in [6.07, 6.45) is 3.04. The van der Waals surface area contributed by atoms with Gasteiger partial charge >= 0.3 is 0 Å². The topological polar surface area (TPSA) is 58.4 Å². The van der Waals surface area contributed by atoms with Crippen molar-refractivity contribution in [1.29, 1.82) is 0 Å². The maximum Gasteiger partial charge on any atom is 0.274 e. The zero-order valence-electron chi connectivity index (χ0n) is 13.3. The lowest BCUT2D eigenvalue weighted by molar-refractivity contribution is 0.0516. The van der Waals surface area contributed by atoms with Crippen LogP contribution in [0.5, 0.6) is 0 Å². The molecule has 1 fully saturated rings. The van der Waals surface area contributed by atoms with E-state index in [1.54, 1.807) is 47.0 Å². The van der Waals surface area contributed by atoms with Crippen LogP contribution in [-0.4, -0.2) is 44.9 Å². The van der Waals surface area contributed by atoms with E-state index in [4.69, 9.17) is 23.2 Å². The van der Waals surface area contributed by atoms with Crippen molar-refractivity contribution in [2.24, 2.45) is 5.92 Å². The van der Waals surface area contributed by atoms with E-state index in [9.17, 15) is 9.90 Å². The summed E-state index contributed by atoms with van der Waals surface area (Å²) in [7, 11) is 0. The number of hydrogen-bond donors (Lipinski definition) is 1. The van der Waals surface area contributed by atoms with Crippen molar-refractivity contribution in [3.63, 3.8) is 0 Å². The van der Waals surface area contributed by atoms with E-state index >= 15 is 0 Å². The van der Waals surface area contributed by atoms with E-state index in [1.165, 1.54) is 0 Å². The minimum atomic E-state index is -0.323. The maximum absolute atomic E-state index is 12.6. The van der Waals surface area contributed by atoms with Gasteiger partial charge in [0.15, 0.2) is 5.69 Å². The molecule has 1 aliphatic heterocycles. The van der Waals surface area contributed by atoms with Crippen molar-refractivity contribution in [3.05, 3.63) is 46.2 Å². The highest BCUT2D eigenvalue weighted by Gasteiger charge is 2.27. The summed E-state index contributed by atoms with van der Waals surface area (Å²) in [6, 6.07) is 6.90. The first-order valence-electron chi connectivity index (χ1n) is 7.94. The average Bonchev–Trinajstić information content (AvgIpc) is 3.07. The fourth-order valence-corrected chi connectivity index (χ4v) is 3.25. The minimum absolute atomic E-state index is 0.0853. The fraction of sp³-hybridized carbons (Fsp3) is 0.412. The number of benzene rings is 1. The normalized spacial score (nSPS) is 17.1. The number of rotatable bonds is 3. The van der Waals surface area contributed by atoms with Crippen molar-refractivity contribution < 1.29 is 9.90 Å². The van der Waals surface area contributed by atoms with E-state index < -0.39 is 0 Å². The van der Waals surface area contributed by atoms with Crippen LogP contribution in [0.25, 0.3) is 5.69 Å². The Hall–Kier alpha value is -1.56. The zero-order valence-corrected chi connectivity index (χ0v) is 14.8. The van der Waals surface area contributed by atoms with Crippen molar-refractivity contribution >= 4 is 29.1 Å². The van der Waals surface area contributed by atoms with E-state index in [0.717, 1.165) is 18.5 Å². The first kappa shape index (κ1) is 17.3. The largest absolute Gasteiger partial charge is 0.393 e. The number of amides is 1. The summed E-state index contributed by atoms with van der Waals surface area (Å²) >= 11 is 11.9. The molecule has 3 rings (SSSR count). The van der Waals surface area contributed by atoms with Crippen LogP contribution in [0.1, 0.15) is 30.3 Å². The van der Waals surface area contributed by atoms with Gasteiger partial charge in [-0.1, -0.05) is 23.2 Å². The molecule has 1 saturated heterocycles. The number of likely N-dealkylation sites (tertiary alicyclic amines) is 1. The molecule has 1 N–H and O–H groups in total. The Kier molecular flexibility index (Phi) is 5.13. The molecule has 1 unspecified atom stereocenters. The van der Waals surface area contributed by atoms with Gasteiger partial charge in [0, 0.05) is 19.3 Å². The van der Waals surface area contributed by atoms with Gasteiger partial charge < -0.3 is 10.0 Å². The third kappa shape index (κ3) is 3.58. The summed E-state index contributed by atoms with van der Waals surface area (Å²) in [5.41, 5.74) is 1.15. The molecule has 1 aliphatic rings. The molecule has 1 aromatic carbocycles. The number of carbonyl (C=O) groups excluding carboxylic acids is 1. The molecule has 24 heavy (non-hydrogen) atoms. The molecule has 1 atom stereocenters. The number of nitrogens with zero attached hydrogens (tertiary/aromatic N) is 3. The first-order valence-corrected chi connectivity index (χ1v) is 8.69. The van der Waals surface area contributed by atoms with Crippen molar-refractivity contribution in [3.8, 4) is 5.69 Å². The van der Waals surface area contributed by atoms with Gasteiger partial charge in [-0.2, -0.15) is 5.10 Å². The second kappa shape index (κ2) is 7.13. The Labute approximate surface area is 150 Å². The van der Waals surface area contributed by atoms with Crippen LogP contribution in [-0.2, 0) is 0 Å². The standard InChI is InChI=1S/C17H19Cl2N3O2/c1-11(23)12-4-7-21(8-5-12)17(24)16-6-9-22(20-16)13-2-3-14(18)15(19)10-13/h2-3,6,9-12,23H,4-5,7-8H2,1H3. The highest BCUT2D eigenvalue weighted by Crippen LogP contribution is 2.25. The lowest BCUT2D eigenvalue weighted by Gasteiger charge is -2.32. The summed E-state index contributed by atoms with van der Waals surface area (Å²) in [6.45, 7) is 3.10. The molecule has 0 radical (unpaired) electrons. The average molecular weight is 368 g/mol. The molecular formula is C17H19Cl2N3O2. The molecule has 0 aliphatic carbocycles. The number of aliphatic hydroxyl groups is 1. The predicted molar refractivity (Wildman–Crippen MR) is 93.9 cm³/mol. The number of hydrogen-bond acceptors (Lipinski definition) is 3. The number of carbonyl (C=O) groups is 1. The van der Waals surface area contributed by atoms with Crippen LogP contribution in [0.2, 0.25) is 10.0 Å². The zero-order chi connectivity index (χ0) is 17.3. The highest BCUT2D eigenvalue weighted by molar-refractivity contribution is 6.42. The lowest BCUT2D eigenvalue weighted by Crippen LogP contribution is -2.40. The molecule has 1 aromatic heterocycles. The quantitative estimate of drug-likeness (QED) is 0.903. The van der Waals surface area contributed by atoms with E-state index in [2.05, 4.69) is 5.10 Å². The van der Waals surface area contributed by atoms with E-state index in [0.29, 0.717) is 28.8 Å². The second-order valence-corrected chi connectivity index (χ2v) is 6.93. The SMILES string of the molecule is CC(O)C1CCN(C(=O)c2ccn(-c3ccc(Cl)c(Cl)c3)n2)CC1. The number of aliphatic hydroxyl groups excluding tert-OH is 1. The molecule has 2 heterocycles. The Morgan fingerprint density at radius 3 is 2.58 bits per heavy atom. The third-order valence-electron chi connectivity index (χ3n) is 4.48. The summed E-state index contributed by atoms with van der Waals surface area (Å²) in [5, 5.41) is 14.9. The van der Waals surface area contributed by atoms with Crippen LogP contribution in [0.15, 0.2) is 30.5 Å². The van der Waals surface area contributed by atoms with Gasteiger partial charge in [0.25, 0.3) is 5.91 Å². The van der Waals surface area contributed by atoms with Gasteiger partial charge in [-0.25, -0.2) is 4.68 Å². The Bertz CT molecular complexity index is 737. The molecule has 0 bridgehead atoms. The molecule has 2 aromatic rings. The minimum Gasteiger partial charge on any atom is -0.393 e. The van der Waals surface area contributed by atoms with Crippen LogP contribution >= 0.6 is 23.2 Å². The molecule has 1 amide bonds. The van der Waals surface area contributed by atoms with Crippen LogP contribution < -0.4 is 0 Å². The lowest BCUT2D eigenvalue weighted by atomic mass is 9.92. The van der Waals surface area contributed by atoms with Gasteiger partial charge in [-0.3, -0.25) is 4.79 Å². The fourth-order valence-electron chi connectivity index (χ4n) is 2.96. The summed E-state index contributed by atoms with van der Waals surface area (Å²) in [4.78, 5) is 14.4. The number of aromatic nitrogens is 2. The molecule has 128 valence electrons. The number of halogens is 2. The van der Waals surface area contributed by atoms with Gasteiger partial charge in [-0.05, 0) is 49.9 Å². The Morgan fingerprint density at radius 1 is 1.25 bits per heavy atom. The Balaban J connectivity index is 1.71. The van der Waals surface area contributed by atoms with Crippen LogP contribution in [0.3, 0.4) is 0 Å². The smallest absolute Gasteiger partial charge is 0.274 e. The van der Waals surface area contributed by atoms with Gasteiger partial charge in [0.2, 0.25) is 0 Å². The van der Waals surface area contributed by atoms with Crippen molar-refractivity contribution in [2.75, 3.05) is 13.1 Å². The molecule has 0 saturated carbocycles. The van der Waals surface area contributed by atoms with E-state index in [1.807, 2.05) is 0 Å². The maximum atomic E-state index is 12.6. The van der Waals surface area contributed by atoms with E-state index in [-0.39, 0.29) is 17.9 Å². The van der Waals surface area contributed by atoms with Crippen LogP contribution in [0.4, 0.5) is 0 Å². The Morgan fingerprint density at radius 2 is 1.96 bits per heavy atom. The number of piperidine rings is 1. The predicted octanol–water partition coefficient (Wildman–Crippen LogP) is 3.41. The summed E-state index contributed by atoms with van der Waals surface area (Å²) in [5.74, 6) is 0.181. The van der Waals surface area contributed by atoms with Crippen LogP contribution in [0, 0.1) is 5.92 Å². The van der Waals surface area contributed by atoms with Gasteiger partial charge in [0.1, 0.15) is 0 Å². The molecule has 0 spiro atoms. The second-order valence-electron chi connectivity index (χ2n) is 6.11. The first-order chi connectivity index (χ1) is 11.5. The molecule has 7 heteroatoms. The molecular weight excluding hydrogens is 349 g/mol. The van der Waals surface area contributed by atoms with Gasteiger partial charge in [-0.15, -0.1) is 0 Å². The summed E-state index contributed by atoms with van der Waals surface area (Å²) < 4.78 is 1.61. The third-order valence-corrected chi connectivity index (χ3v) is 5.22.